The van der Waals surface area contributed by atoms with Crippen molar-refractivity contribution in [3.8, 4) is 0 Å². The van der Waals surface area contributed by atoms with E-state index in [-0.39, 0.29) is 11.5 Å². The summed E-state index contributed by atoms with van der Waals surface area (Å²) in [4.78, 5) is 0. The lowest BCUT2D eigenvalue weighted by molar-refractivity contribution is 0.0256. The lowest BCUT2D eigenvalue weighted by Crippen LogP contribution is -2.35. The van der Waals surface area contributed by atoms with Gasteiger partial charge in [-0.2, -0.15) is 0 Å². The molecule has 1 aromatic carbocycles. The topological polar surface area (TPSA) is 20.2 Å². The zero-order valence-electron chi connectivity index (χ0n) is 12.0. The van der Waals surface area contributed by atoms with Gasteiger partial charge in [0.1, 0.15) is 0 Å². The first-order valence-corrected chi connectivity index (χ1v) is 7.63. The summed E-state index contributed by atoms with van der Waals surface area (Å²) in [6.45, 7) is 2.07. The summed E-state index contributed by atoms with van der Waals surface area (Å²) in [6.07, 6.45) is 12.2. The maximum Gasteiger partial charge on any atom is 0.0634 e. The quantitative estimate of drug-likeness (QED) is 0.771. The van der Waals surface area contributed by atoms with Crippen LogP contribution in [0.2, 0.25) is 0 Å². The highest BCUT2D eigenvalue weighted by Crippen LogP contribution is 2.42. The number of aryl methyl sites for hydroxylation is 1. The summed E-state index contributed by atoms with van der Waals surface area (Å²) in [5.74, 6) is 0. The molecule has 1 atom stereocenters. The van der Waals surface area contributed by atoms with E-state index >= 15 is 0 Å². The van der Waals surface area contributed by atoms with Crippen LogP contribution < -0.4 is 0 Å². The molecule has 0 aliphatic heterocycles. The first-order chi connectivity index (χ1) is 9.27. The summed E-state index contributed by atoms with van der Waals surface area (Å²) in [5.41, 5.74) is 1.37. The van der Waals surface area contributed by atoms with Crippen LogP contribution in [0.4, 0.5) is 0 Å². The van der Waals surface area contributed by atoms with E-state index in [1.807, 2.05) is 6.07 Å². The summed E-state index contributed by atoms with van der Waals surface area (Å²) >= 11 is 0. The van der Waals surface area contributed by atoms with Crippen molar-refractivity contribution in [2.45, 2.75) is 58.0 Å². The van der Waals surface area contributed by atoms with Gasteiger partial charge in [-0.15, -0.1) is 0 Å². The first kappa shape index (κ1) is 14.3. The van der Waals surface area contributed by atoms with Gasteiger partial charge < -0.3 is 5.11 Å². The molecule has 0 heterocycles. The summed E-state index contributed by atoms with van der Waals surface area (Å²) in [7, 11) is 0. The highest BCUT2D eigenvalue weighted by molar-refractivity contribution is 5.15. The summed E-state index contributed by atoms with van der Waals surface area (Å²) < 4.78 is 0. The Bertz CT molecular complexity index is 387. The molecular formula is C18H26O. The molecule has 1 aliphatic rings. The lowest BCUT2D eigenvalue weighted by Gasteiger charge is -2.39. The molecule has 1 nitrogen and oxygen atoms in total. The summed E-state index contributed by atoms with van der Waals surface area (Å²) in [5, 5.41) is 10.7. The fraction of sp³-hybridized carbons (Fsp3) is 0.556. The van der Waals surface area contributed by atoms with Crippen molar-refractivity contribution >= 4 is 0 Å². The Morgan fingerprint density at radius 2 is 1.84 bits per heavy atom. The van der Waals surface area contributed by atoms with Crippen molar-refractivity contribution < 1.29 is 5.11 Å². The van der Waals surface area contributed by atoms with E-state index in [0.29, 0.717) is 0 Å². The minimum Gasteiger partial charge on any atom is -0.392 e. The fourth-order valence-electron chi connectivity index (χ4n) is 3.39. The van der Waals surface area contributed by atoms with Crippen LogP contribution in [0.1, 0.15) is 51.0 Å². The molecule has 1 heteroatoms. The smallest absolute Gasteiger partial charge is 0.0634 e. The van der Waals surface area contributed by atoms with Gasteiger partial charge >= 0.3 is 0 Å². The standard InChI is InChI=1S/C18H26O/c1-2-13-18(14-7-4-8-15-18)17(19)12-11-16-9-5-3-6-10-16/h2-3,5-6,9-10,13,17,19H,4,7-8,11-12,14-15H2,1H3/b13-2+. The molecule has 0 bridgehead atoms. The maximum absolute atomic E-state index is 10.7. The number of aliphatic hydroxyl groups excluding tert-OH is 1. The summed E-state index contributed by atoms with van der Waals surface area (Å²) in [6, 6.07) is 10.5. The Balaban J connectivity index is 1.98. The molecule has 104 valence electrons. The fourth-order valence-corrected chi connectivity index (χ4v) is 3.39. The van der Waals surface area contributed by atoms with Crippen LogP contribution in [0.3, 0.4) is 0 Å². The lowest BCUT2D eigenvalue weighted by atomic mass is 9.69. The van der Waals surface area contributed by atoms with E-state index in [2.05, 4.69) is 43.3 Å². The highest BCUT2D eigenvalue weighted by Gasteiger charge is 2.35. The van der Waals surface area contributed by atoms with Crippen LogP contribution in [0.25, 0.3) is 0 Å². The third kappa shape index (κ3) is 3.70. The average molecular weight is 258 g/mol. The second-order valence-electron chi connectivity index (χ2n) is 5.83. The molecule has 0 spiro atoms. The van der Waals surface area contributed by atoms with Gasteiger partial charge in [0.2, 0.25) is 0 Å². The molecule has 1 aliphatic carbocycles. The van der Waals surface area contributed by atoms with Crippen LogP contribution in [-0.4, -0.2) is 11.2 Å². The third-order valence-corrected chi connectivity index (χ3v) is 4.50. The van der Waals surface area contributed by atoms with Crippen molar-refractivity contribution in [2.75, 3.05) is 0 Å². The zero-order valence-corrected chi connectivity index (χ0v) is 12.0. The SMILES string of the molecule is C/C=C/C1(C(O)CCc2ccccc2)CCCCC1. The molecule has 1 saturated carbocycles. The second kappa shape index (κ2) is 6.91. The number of rotatable bonds is 5. The van der Waals surface area contributed by atoms with Crippen molar-refractivity contribution in [1.82, 2.24) is 0 Å². The normalized spacial score (nSPS) is 20.5. The van der Waals surface area contributed by atoms with E-state index in [4.69, 9.17) is 0 Å². The number of benzene rings is 1. The Morgan fingerprint density at radius 1 is 1.16 bits per heavy atom. The van der Waals surface area contributed by atoms with Gasteiger partial charge in [-0.1, -0.05) is 61.7 Å². The predicted octanol–water partition coefficient (Wildman–Crippen LogP) is 4.51. The van der Waals surface area contributed by atoms with Gasteiger partial charge in [0.15, 0.2) is 0 Å². The Kier molecular flexibility index (Phi) is 5.21. The molecule has 0 radical (unpaired) electrons. The van der Waals surface area contributed by atoms with Gasteiger partial charge in [0.05, 0.1) is 6.10 Å². The number of allylic oxidation sites excluding steroid dienone is 1. The Morgan fingerprint density at radius 3 is 2.47 bits per heavy atom. The van der Waals surface area contributed by atoms with Crippen LogP contribution in [0.5, 0.6) is 0 Å². The Labute approximate surface area is 117 Å². The largest absolute Gasteiger partial charge is 0.392 e. The minimum atomic E-state index is -0.204. The van der Waals surface area contributed by atoms with E-state index in [9.17, 15) is 5.11 Å². The molecule has 0 saturated heterocycles. The second-order valence-corrected chi connectivity index (χ2v) is 5.83. The van der Waals surface area contributed by atoms with E-state index in [1.54, 1.807) is 0 Å². The number of hydrogen-bond acceptors (Lipinski definition) is 1. The van der Waals surface area contributed by atoms with E-state index in [0.717, 1.165) is 25.7 Å². The molecule has 1 aromatic rings. The van der Waals surface area contributed by atoms with Crippen LogP contribution >= 0.6 is 0 Å². The molecule has 2 rings (SSSR count). The molecule has 1 fully saturated rings. The van der Waals surface area contributed by atoms with Crippen LogP contribution in [0, 0.1) is 5.41 Å². The van der Waals surface area contributed by atoms with Gasteiger partial charge in [-0.3, -0.25) is 0 Å². The van der Waals surface area contributed by atoms with Gasteiger partial charge in [-0.25, -0.2) is 0 Å². The molecule has 0 aromatic heterocycles. The molecular weight excluding hydrogens is 232 g/mol. The van der Waals surface area contributed by atoms with Crippen molar-refractivity contribution in [1.29, 1.82) is 0 Å². The van der Waals surface area contributed by atoms with Crippen LogP contribution in [0.15, 0.2) is 42.5 Å². The van der Waals surface area contributed by atoms with E-state index < -0.39 is 0 Å². The third-order valence-electron chi connectivity index (χ3n) is 4.50. The number of hydrogen-bond donors (Lipinski definition) is 1. The maximum atomic E-state index is 10.7. The predicted molar refractivity (Wildman–Crippen MR) is 81.1 cm³/mol. The van der Waals surface area contributed by atoms with Crippen molar-refractivity contribution in [3.63, 3.8) is 0 Å². The van der Waals surface area contributed by atoms with Crippen LogP contribution in [-0.2, 0) is 6.42 Å². The first-order valence-electron chi connectivity index (χ1n) is 7.63. The van der Waals surface area contributed by atoms with Crippen molar-refractivity contribution in [2.24, 2.45) is 5.41 Å². The van der Waals surface area contributed by atoms with Gasteiger partial charge in [0, 0.05) is 5.41 Å². The zero-order chi connectivity index (χ0) is 13.6. The number of aliphatic hydroxyl groups is 1. The molecule has 1 unspecified atom stereocenters. The average Bonchev–Trinajstić information content (AvgIpc) is 2.47. The molecule has 0 amide bonds. The van der Waals surface area contributed by atoms with Gasteiger partial charge in [-0.05, 0) is 38.2 Å². The van der Waals surface area contributed by atoms with Gasteiger partial charge in [0.25, 0.3) is 0 Å². The monoisotopic (exact) mass is 258 g/mol. The minimum absolute atomic E-state index is 0.0434. The Hall–Kier alpha value is -1.08. The highest BCUT2D eigenvalue weighted by atomic mass is 16.3. The van der Waals surface area contributed by atoms with Crippen molar-refractivity contribution in [3.05, 3.63) is 48.0 Å². The molecule has 1 N–H and O–H groups in total. The molecule has 19 heavy (non-hydrogen) atoms. The van der Waals surface area contributed by atoms with E-state index in [1.165, 1.54) is 24.8 Å².